The summed E-state index contributed by atoms with van der Waals surface area (Å²) in [6.07, 6.45) is 4.66. The Balaban J connectivity index is 1.98. The Bertz CT molecular complexity index is 742. The van der Waals surface area contributed by atoms with Gasteiger partial charge in [0.25, 0.3) is 0 Å². The molecule has 1 amide bonds. The van der Waals surface area contributed by atoms with Gasteiger partial charge in [-0.15, -0.1) is 11.3 Å². The van der Waals surface area contributed by atoms with Gasteiger partial charge in [-0.25, -0.2) is 0 Å². The van der Waals surface area contributed by atoms with Crippen molar-refractivity contribution in [2.75, 3.05) is 20.8 Å². The molecule has 5 heteroatoms. The third kappa shape index (κ3) is 3.73. The first-order valence-corrected chi connectivity index (χ1v) is 10.1. The van der Waals surface area contributed by atoms with Crippen molar-refractivity contribution in [2.45, 2.75) is 45.1 Å². The van der Waals surface area contributed by atoms with Crippen LogP contribution in [-0.2, 0) is 11.2 Å². The molecular weight excluding hydrogens is 346 g/mol. The highest BCUT2D eigenvalue weighted by molar-refractivity contribution is 7.10. The summed E-state index contributed by atoms with van der Waals surface area (Å²) in [5, 5.41) is 2.07. The molecule has 0 N–H and O–H groups in total. The minimum absolute atomic E-state index is 0.0346. The first-order chi connectivity index (χ1) is 12.7. The van der Waals surface area contributed by atoms with Crippen molar-refractivity contribution in [2.24, 2.45) is 0 Å². The second-order valence-electron chi connectivity index (χ2n) is 6.62. The maximum atomic E-state index is 12.9. The van der Waals surface area contributed by atoms with Crippen LogP contribution < -0.4 is 9.47 Å². The average Bonchev–Trinajstić information content (AvgIpc) is 3.20. The minimum Gasteiger partial charge on any atom is -0.493 e. The molecule has 0 radical (unpaired) electrons. The molecule has 0 spiro atoms. The zero-order valence-corrected chi connectivity index (χ0v) is 16.6. The summed E-state index contributed by atoms with van der Waals surface area (Å²) >= 11 is 1.70. The van der Waals surface area contributed by atoms with Gasteiger partial charge in [0, 0.05) is 17.8 Å². The molecule has 3 rings (SSSR count). The van der Waals surface area contributed by atoms with E-state index in [0.29, 0.717) is 12.2 Å². The molecule has 140 valence electrons. The van der Waals surface area contributed by atoms with E-state index < -0.39 is 0 Å². The summed E-state index contributed by atoms with van der Waals surface area (Å²) in [6, 6.07) is 8.24. The van der Waals surface area contributed by atoms with Gasteiger partial charge in [0.05, 0.1) is 20.3 Å². The number of carbonyl (C=O) groups is 1. The first kappa shape index (κ1) is 18.8. The third-order valence-electron chi connectivity index (χ3n) is 5.00. The first-order valence-electron chi connectivity index (χ1n) is 9.27. The molecule has 0 bridgehead atoms. The predicted octanol–water partition coefficient (Wildman–Crippen LogP) is 4.82. The molecule has 4 nitrogen and oxygen atoms in total. The van der Waals surface area contributed by atoms with E-state index >= 15 is 0 Å². The van der Waals surface area contributed by atoms with E-state index in [2.05, 4.69) is 35.4 Å². The van der Waals surface area contributed by atoms with Gasteiger partial charge in [0.1, 0.15) is 0 Å². The zero-order valence-electron chi connectivity index (χ0n) is 15.8. The molecule has 0 saturated carbocycles. The van der Waals surface area contributed by atoms with Crippen LogP contribution in [0, 0.1) is 0 Å². The lowest BCUT2D eigenvalue weighted by molar-refractivity contribution is -0.133. The number of methoxy groups -OCH3 is 2. The van der Waals surface area contributed by atoms with E-state index in [1.165, 1.54) is 10.4 Å². The van der Waals surface area contributed by atoms with Crippen molar-refractivity contribution < 1.29 is 14.3 Å². The van der Waals surface area contributed by atoms with Gasteiger partial charge in [0.15, 0.2) is 11.5 Å². The molecule has 0 saturated heterocycles. The van der Waals surface area contributed by atoms with E-state index in [4.69, 9.17) is 9.47 Å². The van der Waals surface area contributed by atoms with Crippen LogP contribution in [0.2, 0.25) is 0 Å². The van der Waals surface area contributed by atoms with Crippen LogP contribution in [0.15, 0.2) is 29.6 Å². The lowest BCUT2D eigenvalue weighted by Gasteiger charge is -2.37. The number of fused-ring (bicyclic) bond motifs is 1. The largest absolute Gasteiger partial charge is 0.493 e. The highest BCUT2D eigenvalue weighted by Gasteiger charge is 2.33. The monoisotopic (exact) mass is 373 g/mol. The standard InChI is InChI=1S/C21H27NO3S/c1-4-5-6-9-20(23)22-11-10-15-13-17(24-2)18(25-3)14-16(15)21(22)19-8-7-12-26-19/h7-8,12-14,21H,4-6,9-11H2,1-3H3. The van der Waals surface area contributed by atoms with E-state index in [9.17, 15) is 4.79 Å². The molecule has 1 atom stereocenters. The van der Waals surface area contributed by atoms with Crippen LogP contribution in [0.25, 0.3) is 0 Å². The fraction of sp³-hybridized carbons (Fsp3) is 0.476. The van der Waals surface area contributed by atoms with Crippen LogP contribution in [0.5, 0.6) is 11.5 Å². The van der Waals surface area contributed by atoms with Crippen LogP contribution in [0.3, 0.4) is 0 Å². The maximum absolute atomic E-state index is 12.9. The molecule has 26 heavy (non-hydrogen) atoms. The smallest absolute Gasteiger partial charge is 0.223 e. The molecule has 2 aromatic rings. The lowest BCUT2D eigenvalue weighted by atomic mass is 9.90. The van der Waals surface area contributed by atoms with Gasteiger partial charge in [-0.1, -0.05) is 25.8 Å². The van der Waals surface area contributed by atoms with Gasteiger partial charge < -0.3 is 14.4 Å². The van der Waals surface area contributed by atoms with E-state index in [-0.39, 0.29) is 11.9 Å². The van der Waals surface area contributed by atoms with Gasteiger partial charge >= 0.3 is 0 Å². The fourth-order valence-electron chi connectivity index (χ4n) is 3.64. The Morgan fingerprint density at radius 2 is 2.00 bits per heavy atom. The molecule has 1 aromatic heterocycles. The van der Waals surface area contributed by atoms with Crippen molar-refractivity contribution in [3.63, 3.8) is 0 Å². The number of hydrogen-bond acceptors (Lipinski definition) is 4. The summed E-state index contributed by atoms with van der Waals surface area (Å²) in [5.41, 5.74) is 2.39. The maximum Gasteiger partial charge on any atom is 0.223 e. The number of rotatable bonds is 7. The Morgan fingerprint density at radius 3 is 2.65 bits per heavy atom. The molecule has 1 aromatic carbocycles. The van der Waals surface area contributed by atoms with Gasteiger partial charge in [-0.2, -0.15) is 0 Å². The summed E-state index contributed by atoms with van der Waals surface area (Å²) in [7, 11) is 3.31. The third-order valence-corrected chi connectivity index (χ3v) is 5.93. The summed E-state index contributed by atoms with van der Waals surface area (Å²) < 4.78 is 11.0. The number of nitrogens with zero attached hydrogens (tertiary/aromatic N) is 1. The van der Waals surface area contributed by atoms with E-state index in [1.807, 2.05) is 6.07 Å². The molecule has 1 aliphatic heterocycles. The Kier molecular flexibility index (Phi) is 6.20. The Morgan fingerprint density at radius 1 is 1.23 bits per heavy atom. The van der Waals surface area contributed by atoms with E-state index in [0.717, 1.165) is 43.5 Å². The highest BCUT2D eigenvalue weighted by atomic mass is 32.1. The molecule has 0 aliphatic carbocycles. The number of hydrogen-bond donors (Lipinski definition) is 0. The SMILES string of the molecule is CCCCCC(=O)N1CCc2cc(OC)c(OC)cc2C1c1cccs1. The molecule has 0 fully saturated rings. The average molecular weight is 374 g/mol. The molecule has 1 aliphatic rings. The number of amides is 1. The van der Waals surface area contributed by atoms with Gasteiger partial charge in [0.2, 0.25) is 5.91 Å². The summed E-state index contributed by atoms with van der Waals surface area (Å²) in [4.78, 5) is 16.2. The van der Waals surface area contributed by atoms with Crippen LogP contribution in [0.1, 0.15) is 54.7 Å². The van der Waals surface area contributed by atoms with Crippen LogP contribution in [-0.4, -0.2) is 31.6 Å². The summed E-state index contributed by atoms with van der Waals surface area (Å²) in [5.74, 6) is 1.71. The molecule has 2 heterocycles. The number of benzene rings is 1. The number of ether oxygens (including phenoxy) is 2. The number of thiophene rings is 1. The quantitative estimate of drug-likeness (QED) is 0.653. The zero-order chi connectivity index (χ0) is 18.5. The Labute approximate surface area is 159 Å². The van der Waals surface area contributed by atoms with E-state index in [1.54, 1.807) is 25.6 Å². The number of carbonyl (C=O) groups excluding carboxylic acids is 1. The normalized spacial score (nSPS) is 16.3. The topological polar surface area (TPSA) is 38.8 Å². The van der Waals surface area contributed by atoms with Crippen molar-refractivity contribution in [1.82, 2.24) is 4.90 Å². The van der Waals surface area contributed by atoms with Crippen molar-refractivity contribution >= 4 is 17.2 Å². The van der Waals surface area contributed by atoms with Crippen LogP contribution in [0.4, 0.5) is 0 Å². The molecule has 1 unspecified atom stereocenters. The second-order valence-corrected chi connectivity index (χ2v) is 7.60. The van der Waals surface area contributed by atoms with Crippen molar-refractivity contribution in [3.8, 4) is 11.5 Å². The second kappa shape index (κ2) is 8.58. The van der Waals surface area contributed by atoms with Crippen LogP contribution >= 0.6 is 11.3 Å². The van der Waals surface area contributed by atoms with Gasteiger partial charge in [-0.05, 0) is 47.5 Å². The summed E-state index contributed by atoms with van der Waals surface area (Å²) in [6.45, 7) is 2.91. The Hall–Kier alpha value is -2.01. The minimum atomic E-state index is -0.0346. The van der Waals surface area contributed by atoms with Crippen molar-refractivity contribution in [1.29, 1.82) is 0 Å². The van der Waals surface area contributed by atoms with Gasteiger partial charge in [-0.3, -0.25) is 4.79 Å². The molecular formula is C21H27NO3S. The fourth-order valence-corrected chi connectivity index (χ4v) is 4.49. The highest BCUT2D eigenvalue weighted by Crippen LogP contribution is 2.42. The number of unbranched alkanes of at least 4 members (excludes halogenated alkanes) is 2. The van der Waals surface area contributed by atoms with Crippen molar-refractivity contribution in [3.05, 3.63) is 45.6 Å². The predicted molar refractivity (Wildman–Crippen MR) is 105 cm³/mol. The lowest BCUT2D eigenvalue weighted by Crippen LogP contribution is -2.40.